The Balaban J connectivity index is 2.03. The molecule has 2 aromatic rings. The van der Waals surface area contributed by atoms with E-state index in [4.69, 9.17) is 14.2 Å². The van der Waals surface area contributed by atoms with Gasteiger partial charge >= 0.3 is 0 Å². The number of benzene rings is 2. The number of ether oxygens (including phenoxy) is 3. The van der Waals surface area contributed by atoms with Gasteiger partial charge in [-0.3, -0.25) is 9.59 Å². The van der Waals surface area contributed by atoms with Crippen molar-refractivity contribution in [3.63, 3.8) is 0 Å². The highest BCUT2D eigenvalue weighted by Crippen LogP contribution is 2.40. The molecule has 0 aromatic heterocycles. The van der Waals surface area contributed by atoms with Gasteiger partial charge in [-0.2, -0.15) is 0 Å². The summed E-state index contributed by atoms with van der Waals surface area (Å²) in [4.78, 5) is 27.4. The Kier molecular flexibility index (Phi) is 8.27. The molecule has 1 saturated heterocycles. The molecule has 0 spiro atoms. The van der Waals surface area contributed by atoms with Crippen LogP contribution in [0.3, 0.4) is 0 Å². The first-order chi connectivity index (χ1) is 16.0. The molecule has 174 valence electrons. The number of hydrogen-bond donors (Lipinski definition) is 1. The van der Waals surface area contributed by atoms with Crippen molar-refractivity contribution >= 4 is 17.4 Å². The smallest absolute Gasteiger partial charge is 0.295 e. The number of carbonyl (C=O) groups is 2. The number of likely N-dealkylation sites (tertiary alicyclic amines) is 1. The number of aliphatic hydroxyl groups excluding tert-OH is 1. The number of Topliss-reactive ketones (excluding diaryl/α,β-unsaturated/α-hetero) is 1. The normalized spacial score (nSPS) is 17.3. The number of aliphatic hydroxyl groups is 1. The van der Waals surface area contributed by atoms with Crippen molar-refractivity contribution in [3.05, 3.63) is 77.9 Å². The van der Waals surface area contributed by atoms with Gasteiger partial charge in [-0.15, -0.1) is 0 Å². The van der Waals surface area contributed by atoms with E-state index in [0.717, 1.165) is 0 Å². The third kappa shape index (κ3) is 5.43. The summed E-state index contributed by atoms with van der Waals surface area (Å²) in [6.45, 7) is 7.17. The molecule has 0 radical (unpaired) electrons. The maximum atomic E-state index is 13.0. The summed E-state index contributed by atoms with van der Waals surface area (Å²) in [7, 11) is 1.58. The SMILES string of the molecule is C=CCOc1ccc([C@@H]2C(=C(O)c3ccc(OCC)cc3)C(=O)C(=O)N2CCCOC)cc1. The lowest BCUT2D eigenvalue weighted by Crippen LogP contribution is -2.31. The molecule has 0 bridgehead atoms. The van der Waals surface area contributed by atoms with Crippen LogP contribution in [0.2, 0.25) is 0 Å². The van der Waals surface area contributed by atoms with Crippen LogP contribution in [0.15, 0.2) is 66.8 Å². The van der Waals surface area contributed by atoms with E-state index >= 15 is 0 Å². The summed E-state index contributed by atoms with van der Waals surface area (Å²) in [6, 6.07) is 13.2. The molecule has 3 rings (SSSR count). The molecular formula is C26H29NO6. The first-order valence-electron chi connectivity index (χ1n) is 10.9. The van der Waals surface area contributed by atoms with Gasteiger partial charge in [0.2, 0.25) is 0 Å². The Morgan fingerprint density at radius 3 is 2.30 bits per heavy atom. The van der Waals surface area contributed by atoms with E-state index in [-0.39, 0.29) is 11.3 Å². The Hall–Kier alpha value is -3.58. The van der Waals surface area contributed by atoms with Gasteiger partial charge in [0, 0.05) is 25.8 Å². The zero-order valence-electron chi connectivity index (χ0n) is 19.0. The fourth-order valence-electron chi connectivity index (χ4n) is 3.77. The zero-order valence-corrected chi connectivity index (χ0v) is 19.0. The van der Waals surface area contributed by atoms with Gasteiger partial charge in [-0.05, 0) is 55.3 Å². The highest BCUT2D eigenvalue weighted by Gasteiger charge is 2.45. The maximum Gasteiger partial charge on any atom is 0.295 e. The lowest BCUT2D eigenvalue weighted by atomic mass is 9.95. The molecule has 1 amide bonds. The van der Waals surface area contributed by atoms with Gasteiger partial charge in [-0.25, -0.2) is 0 Å². The van der Waals surface area contributed by atoms with Gasteiger partial charge in [0.25, 0.3) is 11.7 Å². The lowest BCUT2D eigenvalue weighted by Gasteiger charge is -2.25. The van der Waals surface area contributed by atoms with Crippen LogP contribution in [0.25, 0.3) is 5.76 Å². The number of amides is 1. The predicted octanol–water partition coefficient (Wildman–Crippen LogP) is 4.11. The Morgan fingerprint density at radius 1 is 1.06 bits per heavy atom. The van der Waals surface area contributed by atoms with E-state index in [9.17, 15) is 14.7 Å². The third-order valence-corrected chi connectivity index (χ3v) is 5.29. The van der Waals surface area contributed by atoms with E-state index < -0.39 is 17.7 Å². The molecule has 1 atom stereocenters. The van der Waals surface area contributed by atoms with Crippen LogP contribution in [0.1, 0.15) is 30.5 Å². The molecule has 7 heteroatoms. The monoisotopic (exact) mass is 451 g/mol. The molecule has 1 N–H and O–H groups in total. The van der Waals surface area contributed by atoms with Crippen LogP contribution < -0.4 is 9.47 Å². The number of nitrogens with zero attached hydrogens (tertiary/aromatic N) is 1. The quantitative estimate of drug-likeness (QED) is 0.182. The molecule has 0 unspecified atom stereocenters. The number of hydrogen-bond acceptors (Lipinski definition) is 6. The standard InChI is InChI=1S/C26H29NO6/c1-4-16-33-21-11-7-18(8-12-21)23-22(25(29)26(30)27(23)15-6-17-31-3)24(28)19-9-13-20(14-10-19)32-5-2/h4,7-14,23,28H,1,5-6,15-17H2,2-3H3/t23-/m1/s1. The Morgan fingerprint density at radius 2 is 1.70 bits per heavy atom. The predicted molar refractivity (Wildman–Crippen MR) is 125 cm³/mol. The molecule has 2 aromatic carbocycles. The highest BCUT2D eigenvalue weighted by atomic mass is 16.5. The van der Waals surface area contributed by atoms with Gasteiger partial charge in [-0.1, -0.05) is 24.8 Å². The molecule has 0 saturated carbocycles. The van der Waals surface area contributed by atoms with Crippen LogP contribution in [-0.4, -0.2) is 55.2 Å². The zero-order chi connectivity index (χ0) is 23.8. The summed E-state index contributed by atoms with van der Waals surface area (Å²) >= 11 is 0. The first-order valence-corrected chi connectivity index (χ1v) is 10.9. The summed E-state index contributed by atoms with van der Waals surface area (Å²) in [5.41, 5.74) is 1.19. The fourth-order valence-corrected chi connectivity index (χ4v) is 3.77. The van der Waals surface area contributed by atoms with Crippen molar-refractivity contribution in [2.24, 2.45) is 0 Å². The van der Waals surface area contributed by atoms with E-state index in [1.165, 1.54) is 4.90 Å². The molecule has 33 heavy (non-hydrogen) atoms. The minimum atomic E-state index is -0.720. The summed E-state index contributed by atoms with van der Waals surface area (Å²) in [6.07, 6.45) is 2.21. The van der Waals surface area contributed by atoms with Crippen molar-refractivity contribution in [2.45, 2.75) is 19.4 Å². The number of ketones is 1. The van der Waals surface area contributed by atoms with E-state index in [1.807, 2.05) is 6.92 Å². The van der Waals surface area contributed by atoms with Crippen LogP contribution in [0.5, 0.6) is 11.5 Å². The van der Waals surface area contributed by atoms with Crippen molar-refractivity contribution in [1.82, 2.24) is 4.90 Å². The van der Waals surface area contributed by atoms with Crippen molar-refractivity contribution in [3.8, 4) is 11.5 Å². The second kappa shape index (κ2) is 11.3. The lowest BCUT2D eigenvalue weighted by molar-refractivity contribution is -0.140. The topological polar surface area (TPSA) is 85.3 Å². The van der Waals surface area contributed by atoms with Gasteiger partial charge < -0.3 is 24.2 Å². The van der Waals surface area contributed by atoms with E-state index in [2.05, 4.69) is 6.58 Å². The third-order valence-electron chi connectivity index (χ3n) is 5.29. The fraction of sp³-hybridized carbons (Fsp3) is 0.308. The highest BCUT2D eigenvalue weighted by molar-refractivity contribution is 6.46. The Bertz CT molecular complexity index is 1010. The van der Waals surface area contributed by atoms with E-state index in [0.29, 0.717) is 55.4 Å². The molecule has 1 fully saturated rings. The molecular weight excluding hydrogens is 422 g/mol. The second-order valence-electron chi connectivity index (χ2n) is 7.46. The van der Waals surface area contributed by atoms with Gasteiger partial charge in [0.15, 0.2) is 0 Å². The van der Waals surface area contributed by atoms with Crippen molar-refractivity contribution in [2.75, 3.05) is 33.5 Å². The Labute approximate surface area is 193 Å². The van der Waals surface area contributed by atoms with Crippen molar-refractivity contribution < 1.29 is 28.9 Å². The van der Waals surface area contributed by atoms with Gasteiger partial charge in [0.05, 0.1) is 18.2 Å². The molecule has 1 heterocycles. The maximum absolute atomic E-state index is 13.0. The number of methoxy groups -OCH3 is 1. The summed E-state index contributed by atoms with van der Waals surface area (Å²) < 4.78 is 16.1. The summed E-state index contributed by atoms with van der Waals surface area (Å²) in [5.74, 6) is -0.281. The minimum absolute atomic E-state index is 0.0568. The van der Waals surface area contributed by atoms with Crippen LogP contribution >= 0.6 is 0 Å². The average molecular weight is 452 g/mol. The second-order valence-corrected chi connectivity index (χ2v) is 7.46. The number of rotatable bonds is 11. The molecule has 7 nitrogen and oxygen atoms in total. The molecule has 1 aliphatic heterocycles. The van der Waals surface area contributed by atoms with Crippen LogP contribution in [0, 0.1) is 0 Å². The van der Waals surface area contributed by atoms with Crippen LogP contribution in [-0.2, 0) is 14.3 Å². The summed E-state index contributed by atoms with van der Waals surface area (Å²) in [5, 5.41) is 11.1. The van der Waals surface area contributed by atoms with Crippen LogP contribution in [0.4, 0.5) is 0 Å². The number of carbonyl (C=O) groups excluding carboxylic acids is 2. The van der Waals surface area contributed by atoms with Crippen molar-refractivity contribution in [1.29, 1.82) is 0 Å². The molecule has 1 aliphatic rings. The largest absolute Gasteiger partial charge is 0.507 e. The average Bonchev–Trinajstić information content (AvgIpc) is 3.08. The molecule has 0 aliphatic carbocycles. The minimum Gasteiger partial charge on any atom is -0.507 e. The van der Waals surface area contributed by atoms with Gasteiger partial charge in [0.1, 0.15) is 23.9 Å². The first kappa shape index (κ1) is 24.1. The van der Waals surface area contributed by atoms with E-state index in [1.54, 1.807) is 61.7 Å².